The highest BCUT2D eigenvalue weighted by atomic mass is 16.3. The molecular formula is C24H37N3O5. The van der Waals surface area contributed by atoms with Crippen molar-refractivity contribution >= 4 is 18.9 Å². The molecule has 8 heteroatoms. The number of fused-ring (bicyclic) bond motifs is 4. The molecule has 4 rings (SSSR count). The Bertz CT molecular complexity index is 751. The predicted molar refractivity (Wildman–Crippen MR) is 122 cm³/mol. The summed E-state index contributed by atoms with van der Waals surface area (Å²) in [7, 11) is 4.28. The first kappa shape index (κ1) is 25.8. The number of hydrogen-bond acceptors (Lipinski definition) is 5. The van der Waals surface area contributed by atoms with Crippen LogP contribution in [0.1, 0.15) is 36.8 Å². The average Bonchev–Trinajstić information content (AvgIpc) is 2.72. The fourth-order valence-corrected chi connectivity index (χ4v) is 5.68. The van der Waals surface area contributed by atoms with Crippen LogP contribution in [-0.2, 0) is 20.9 Å². The summed E-state index contributed by atoms with van der Waals surface area (Å²) in [6.45, 7) is 5.99. The van der Waals surface area contributed by atoms with Gasteiger partial charge >= 0.3 is 0 Å². The van der Waals surface area contributed by atoms with Crippen molar-refractivity contribution in [3.8, 4) is 0 Å². The molecule has 0 aliphatic carbocycles. The lowest BCUT2D eigenvalue weighted by Crippen LogP contribution is -2.66. The van der Waals surface area contributed by atoms with Crippen LogP contribution < -0.4 is 0 Å². The van der Waals surface area contributed by atoms with Crippen LogP contribution in [0.15, 0.2) is 24.3 Å². The molecule has 0 unspecified atom stereocenters. The van der Waals surface area contributed by atoms with E-state index in [1.165, 1.54) is 24.0 Å². The van der Waals surface area contributed by atoms with Gasteiger partial charge in [0.05, 0.1) is 0 Å². The molecule has 8 nitrogen and oxygen atoms in total. The highest BCUT2D eigenvalue weighted by Crippen LogP contribution is 2.42. The highest BCUT2D eigenvalue weighted by molar-refractivity contribution is 5.78. The smallest absolute Gasteiger partial charge is 0.290 e. The number of likely N-dealkylation sites (N-methyl/N-ethyl adjacent to an activating group) is 1. The molecule has 1 amide bonds. The van der Waals surface area contributed by atoms with Crippen molar-refractivity contribution in [2.24, 2.45) is 11.8 Å². The molecule has 3 aliphatic heterocycles. The topological polar surface area (TPSA) is 101 Å². The lowest BCUT2D eigenvalue weighted by Gasteiger charge is -2.57. The van der Waals surface area contributed by atoms with Crippen molar-refractivity contribution in [3.05, 3.63) is 35.4 Å². The summed E-state index contributed by atoms with van der Waals surface area (Å²) in [5, 5.41) is 13.8. The van der Waals surface area contributed by atoms with E-state index in [0.29, 0.717) is 29.8 Å². The van der Waals surface area contributed by atoms with Gasteiger partial charge in [-0.2, -0.15) is 0 Å². The zero-order valence-electron chi connectivity index (χ0n) is 19.4. The van der Waals surface area contributed by atoms with Gasteiger partial charge in [0.15, 0.2) is 0 Å². The molecule has 1 aromatic carbocycles. The Kier molecular flexibility index (Phi) is 10.1. The van der Waals surface area contributed by atoms with Crippen molar-refractivity contribution < 1.29 is 24.6 Å². The Hall–Kier alpha value is -2.45. The second-order valence-corrected chi connectivity index (χ2v) is 9.24. The predicted octanol–water partition coefficient (Wildman–Crippen LogP) is 2.16. The maximum Gasteiger partial charge on any atom is 0.290 e. The highest BCUT2D eigenvalue weighted by Gasteiger charge is 2.49. The summed E-state index contributed by atoms with van der Waals surface area (Å²) in [5.74, 6) is 1.68. The molecule has 3 heterocycles. The van der Waals surface area contributed by atoms with Gasteiger partial charge in [-0.25, -0.2) is 0 Å². The molecule has 2 bridgehead atoms. The van der Waals surface area contributed by atoms with Gasteiger partial charge < -0.3 is 20.0 Å². The van der Waals surface area contributed by atoms with Gasteiger partial charge in [-0.15, -0.1) is 0 Å². The molecule has 1 aromatic rings. The van der Waals surface area contributed by atoms with Gasteiger partial charge in [-0.3, -0.25) is 19.3 Å². The standard InChI is InChI=1S/C22H33N3O.2CH2O2/c1-16-6-4-7-17(10-16)12-24-13-18-11-19(14-24)21(15-23(2)3)25-20(18)8-5-9-22(25)26;2*2-1-3/h4,6-7,10,18-21H,5,8-9,11-15H2,1-3H3;2*1H,(H,2,3)/t18-,19+,20+,21+;;/m1../s1. The molecule has 4 atom stereocenters. The summed E-state index contributed by atoms with van der Waals surface area (Å²) in [6.07, 6.45) is 4.34. The van der Waals surface area contributed by atoms with Gasteiger partial charge in [-0.05, 0) is 57.7 Å². The van der Waals surface area contributed by atoms with Gasteiger partial charge in [-0.1, -0.05) is 29.8 Å². The van der Waals surface area contributed by atoms with Crippen molar-refractivity contribution in [1.82, 2.24) is 14.7 Å². The number of piperidine rings is 3. The Morgan fingerprint density at radius 1 is 1.12 bits per heavy atom. The zero-order valence-corrected chi connectivity index (χ0v) is 19.4. The number of carboxylic acid groups (broad SMARTS) is 2. The first-order chi connectivity index (χ1) is 15.3. The zero-order chi connectivity index (χ0) is 23.7. The molecule has 0 saturated carbocycles. The quantitative estimate of drug-likeness (QED) is 0.682. The van der Waals surface area contributed by atoms with E-state index in [2.05, 4.69) is 60.0 Å². The van der Waals surface area contributed by atoms with Crippen LogP contribution in [0.2, 0.25) is 0 Å². The molecule has 2 N–H and O–H groups in total. The van der Waals surface area contributed by atoms with Crippen molar-refractivity contribution in [3.63, 3.8) is 0 Å². The Morgan fingerprint density at radius 2 is 1.78 bits per heavy atom. The van der Waals surface area contributed by atoms with Gasteiger partial charge in [0.2, 0.25) is 5.91 Å². The van der Waals surface area contributed by atoms with E-state index in [4.69, 9.17) is 19.8 Å². The van der Waals surface area contributed by atoms with Gasteiger partial charge in [0, 0.05) is 44.7 Å². The van der Waals surface area contributed by atoms with E-state index >= 15 is 0 Å². The van der Waals surface area contributed by atoms with Crippen LogP contribution in [0, 0.1) is 18.8 Å². The maximum atomic E-state index is 12.8. The number of amides is 1. The van der Waals surface area contributed by atoms with Crippen LogP contribution >= 0.6 is 0 Å². The SMILES string of the molecule is Cc1cccc(CN2C[C@H]3C[C@@H](C2)[C@H](CN(C)C)N2C(=O)CCC[C@@H]32)c1.O=CO.O=CO. The number of aryl methyl sites for hydroxylation is 1. The van der Waals surface area contributed by atoms with E-state index in [9.17, 15) is 4.79 Å². The molecule has 3 aliphatic rings. The van der Waals surface area contributed by atoms with Gasteiger partial charge in [0.25, 0.3) is 12.9 Å². The molecular weight excluding hydrogens is 410 g/mol. The van der Waals surface area contributed by atoms with Gasteiger partial charge in [0.1, 0.15) is 0 Å². The third-order valence-electron chi connectivity index (χ3n) is 6.61. The van der Waals surface area contributed by atoms with Crippen LogP contribution in [0.5, 0.6) is 0 Å². The lowest BCUT2D eigenvalue weighted by atomic mass is 9.72. The number of benzene rings is 1. The van der Waals surface area contributed by atoms with E-state index in [0.717, 1.165) is 39.0 Å². The Balaban J connectivity index is 0.000000547. The fraction of sp³-hybridized carbons (Fsp3) is 0.625. The van der Waals surface area contributed by atoms with Crippen LogP contribution in [-0.4, -0.2) is 89.6 Å². The second kappa shape index (κ2) is 12.6. The van der Waals surface area contributed by atoms with Crippen LogP contribution in [0.25, 0.3) is 0 Å². The van der Waals surface area contributed by atoms with E-state index in [1.807, 2.05) is 0 Å². The van der Waals surface area contributed by atoms with Crippen molar-refractivity contribution in [2.45, 2.75) is 51.2 Å². The summed E-state index contributed by atoms with van der Waals surface area (Å²) in [6, 6.07) is 9.78. The molecule has 3 fully saturated rings. The lowest BCUT2D eigenvalue weighted by molar-refractivity contribution is -0.153. The van der Waals surface area contributed by atoms with Crippen molar-refractivity contribution in [1.29, 1.82) is 0 Å². The largest absolute Gasteiger partial charge is 0.483 e. The molecule has 0 radical (unpaired) electrons. The molecule has 0 aromatic heterocycles. The minimum Gasteiger partial charge on any atom is -0.483 e. The minimum atomic E-state index is -0.250. The molecule has 0 spiro atoms. The third-order valence-corrected chi connectivity index (χ3v) is 6.61. The summed E-state index contributed by atoms with van der Waals surface area (Å²) in [5.41, 5.74) is 2.76. The number of hydrogen-bond donors (Lipinski definition) is 2. The minimum absolute atomic E-state index is 0.250. The summed E-state index contributed by atoms with van der Waals surface area (Å²) in [4.78, 5) is 36.7. The first-order valence-electron chi connectivity index (χ1n) is 11.2. The molecule has 3 saturated heterocycles. The molecule has 178 valence electrons. The number of carbonyl (C=O) groups is 3. The maximum absolute atomic E-state index is 12.8. The average molecular weight is 448 g/mol. The van der Waals surface area contributed by atoms with E-state index in [1.54, 1.807) is 0 Å². The number of likely N-dealkylation sites (tertiary alicyclic amines) is 1. The van der Waals surface area contributed by atoms with Crippen molar-refractivity contribution in [2.75, 3.05) is 33.7 Å². The van der Waals surface area contributed by atoms with E-state index < -0.39 is 0 Å². The number of nitrogens with zero attached hydrogens (tertiary/aromatic N) is 3. The third kappa shape index (κ3) is 6.77. The number of carbonyl (C=O) groups excluding carboxylic acids is 1. The number of rotatable bonds is 4. The first-order valence-corrected chi connectivity index (χ1v) is 11.2. The Morgan fingerprint density at radius 3 is 2.41 bits per heavy atom. The summed E-state index contributed by atoms with van der Waals surface area (Å²) < 4.78 is 0. The molecule has 32 heavy (non-hydrogen) atoms. The van der Waals surface area contributed by atoms with E-state index in [-0.39, 0.29) is 12.9 Å². The summed E-state index contributed by atoms with van der Waals surface area (Å²) >= 11 is 0. The fourth-order valence-electron chi connectivity index (χ4n) is 5.68. The van der Waals surface area contributed by atoms with Crippen LogP contribution in [0.4, 0.5) is 0 Å². The normalized spacial score (nSPS) is 26.8. The Labute approximate surface area is 190 Å². The second-order valence-electron chi connectivity index (χ2n) is 9.24. The van der Waals surface area contributed by atoms with Crippen LogP contribution in [0.3, 0.4) is 0 Å². The monoisotopic (exact) mass is 447 g/mol.